The van der Waals surface area contributed by atoms with Crippen molar-refractivity contribution in [1.29, 1.82) is 0 Å². The Labute approximate surface area is 202 Å². The average molecular weight is 480 g/mol. The third kappa shape index (κ3) is 4.71. The van der Waals surface area contributed by atoms with Crippen LogP contribution in [0.5, 0.6) is 11.5 Å². The third-order valence-electron chi connectivity index (χ3n) is 6.73. The number of carbonyl (C=O) groups is 1. The summed E-state index contributed by atoms with van der Waals surface area (Å²) in [5, 5.41) is 3.56. The molecule has 10 nitrogen and oxygen atoms in total. The molecule has 5 rings (SSSR count). The number of aromatic amines is 1. The highest BCUT2D eigenvalue weighted by atomic mass is 16.5. The number of H-pyrrole nitrogens is 1. The molecule has 1 saturated heterocycles. The van der Waals surface area contributed by atoms with Gasteiger partial charge in [0.25, 0.3) is 5.56 Å². The van der Waals surface area contributed by atoms with Gasteiger partial charge in [-0.15, -0.1) is 0 Å². The lowest BCUT2D eigenvalue weighted by Crippen LogP contribution is -2.39. The molecule has 0 bridgehead atoms. The van der Waals surface area contributed by atoms with E-state index in [1.54, 1.807) is 20.4 Å². The van der Waals surface area contributed by atoms with Crippen molar-refractivity contribution in [3.8, 4) is 11.5 Å². The number of carbonyl (C=O) groups excluding carboxylic acids is 1. The standard InChI is InChI=1S/C25H29N5O5/c1-33-16-3-4-17(21(13-16)34-2)15-11-18-19(20(31)12-15)14-27-23-22(18)24(32)29-25(28-23)26-5-6-30-7-9-35-10-8-30/h3-4,13-15H,5-12H2,1-2H3,(H2,26,27,28,29,32)/t15-/m0/s1. The van der Waals surface area contributed by atoms with Gasteiger partial charge >= 0.3 is 0 Å². The number of ether oxygens (including phenoxy) is 3. The first-order valence-corrected chi connectivity index (χ1v) is 11.8. The van der Waals surface area contributed by atoms with Crippen LogP contribution in [0, 0.1) is 0 Å². The number of ketones is 1. The number of anilines is 1. The van der Waals surface area contributed by atoms with Gasteiger partial charge < -0.3 is 19.5 Å². The number of hydrogen-bond acceptors (Lipinski definition) is 9. The van der Waals surface area contributed by atoms with Crippen LogP contribution in [0.3, 0.4) is 0 Å². The van der Waals surface area contributed by atoms with Crippen LogP contribution in [0.25, 0.3) is 11.0 Å². The highest BCUT2D eigenvalue weighted by Gasteiger charge is 2.31. The van der Waals surface area contributed by atoms with Crippen molar-refractivity contribution in [2.75, 3.05) is 58.9 Å². The van der Waals surface area contributed by atoms with Crippen LogP contribution in [-0.4, -0.2) is 79.2 Å². The van der Waals surface area contributed by atoms with Crippen molar-refractivity contribution in [3.05, 3.63) is 51.4 Å². The van der Waals surface area contributed by atoms with Gasteiger partial charge in [-0.25, -0.2) is 4.98 Å². The minimum Gasteiger partial charge on any atom is -0.497 e. The SMILES string of the molecule is COc1ccc([C@@H]2CC(=O)c3cnc4nc(NCCN5CCOCC5)[nH]c(=O)c4c3C2)c(OC)c1. The van der Waals surface area contributed by atoms with E-state index in [0.29, 0.717) is 59.0 Å². The van der Waals surface area contributed by atoms with Crippen LogP contribution >= 0.6 is 0 Å². The maximum Gasteiger partial charge on any atom is 0.262 e. The van der Waals surface area contributed by atoms with E-state index >= 15 is 0 Å². The molecule has 0 spiro atoms. The number of aromatic nitrogens is 3. The molecule has 10 heteroatoms. The minimum absolute atomic E-state index is 0.0457. The normalized spacial score (nSPS) is 18.3. The number of hydrogen-bond donors (Lipinski definition) is 2. The van der Waals surface area contributed by atoms with E-state index in [9.17, 15) is 9.59 Å². The van der Waals surface area contributed by atoms with Crippen molar-refractivity contribution < 1.29 is 19.0 Å². The Morgan fingerprint density at radius 2 is 2.00 bits per heavy atom. The molecule has 184 valence electrons. The van der Waals surface area contributed by atoms with E-state index in [0.717, 1.165) is 38.4 Å². The molecule has 0 radical (unpaired) electrons. The first-order chi connectivity index (χ1) is 17.1. The number of nitrogens with one attached hydrogen (secondary N) is 2. The summed E-state index contributed by atoms with van der Waals surface area (Å²) in [5.74, 6) is 1.53. The number of fused-ring (bicyclic) bond motifs is 3. The fourth-order valence-electron chi connectivity index (χ4n) is 4.89. The summed E-state index contributed by atoms with van der Waals surface area (Å²) in [6, 6.07) is 5.58. The molecule has 1 aliphatic heterocycles. The molecule has 2 N–H and O–H groups in total. The first kappa shape index (κ1) is 23.3. The molecule has 3 heterocycles. The smallest absolute Gasteiger partial charge is 0.262 e. The number of methoxy groups -OCH3 is 2. The lowest BCUT2D eigenvalue weighted by Gasteiger charge is -2.26. The van der Waals surface area contributed by atoms with Gasteiger partial charge in [-0.3, -0.25) is 19.5 Å². The lowest BCUT2D eigenvalue weighted by molar-refractivity contribution is 0.0398. The van der Waals surface area contributed by atoms with Gasteiger partial charge in [0.2, 0.25) is 5.95 Å². The fraction of sp³-hybridized carbons (Fsp3) is 0.440. The van der Waals surface area contributed by atoms with Crippen LogP contribution in [0.15, 0.2) is 29.2 Å². The second kappa shape index (κ2) is 10.0. The Balaban J connectivity index is 1.42. The fourth-order valence-corrected chi connectivity index (χ4v) is 4.89. The molecule has 1 fully saturated rings. The number of benzene rings is 1. The van der Waals surface area contributed by atoms with E-state index in [-0.39, 0.29) is 17.3 Å². The number of Topliss-reactive ketones (excluding diaryl/α,β-unsaturated/α-hetero) is 1. The molecule has 2 aromatic heterocycles. The molecule has 1 aliphatic carbocycles. The third-order valence-corrected chi connectivity index (χ3v) is 6.73. The largest absolute Gasteiger partial charge is 0.497 e. The van der Waals surface area contributed by atoms with Gasteiger partial charge in [-0.05, 0) is 29.5 Å². The Hall–Kier alpha value is -3.50. The zero-order valence-electron chi connectivity index (χ0n) is 19.9. The van der Waals surface area contributed by atoms with Crippen molar-refractivity contribution in [3.63, 3.8) is 0 Å². The molecule has 1 aromatic carbocycles. The summed E-state index contributed by atoms with van der Waals surface area (Å²) >= 11 is 0. The molecule has 0 amide bonds. The van der Waals surface area contributed by atoms with Gasteiger partial charge in [0.1, 0.15) is 11.5 Å². The Kier molecular flexibility index (Phi) is 6.65. The van der Waals surface area contributed by atoms with Crippen LogP contribution in [0.1, 0.15) is 33.8 Å². The topological polar surface area (TPSA) is 119 Å². The highest BCUT2D eigenvalue weighted by Crippen LogP contribution is 2.39. The predicted molar refractivity (Wildman–Crippen MR) is 131 cm³/mol. The number of pyridine rings is 1. The Morgan fingerprint density at radius 3 is 2.77 bits per heavy atom. The first-order valence-electron chi connectivity index (χ1n) is 11.8. The maximum atomic E-state index is 13.1. The highest BCUT2D eigenvalue weighted by molar-refractivity contribution is 6.02. The Bertz CT molecular complexity index is 1300. The molecule has 2 aliphatic rings. The van der Waals surface area contributed by atoms with Gasteiger partial charge in [0, 0.05) is 50.4 Å². The maximum absolute atomic E-state index is 13.1. The predicted octanol–water partition coefficient (Wildman–Crippen LogP) is 1.99. The lowest BCUT2D eigenvalue weighted by atomic mass is 9.79. The van der Waals surface area contributed by atoms with Crippen molar-refractivity contribution in [1.82, 2.24) is 19.9 Å². The molecule has 1 atom stereocenters. The summed E-state index contributed by atoms with van der Waals surface area (Å²) in [6.45, 7) is 4.72. The second-order valence-corrected chi connectivity index (χ2v) is 8.78. The van der Waals surface area contributed by atoms with E-state index in [4.69, 9.17) is 14.2 Å². The molecule has 0 unspecified atom stereocenters. The van der Waals surface area contributed by atoms with Crippen molar-refractivity contribution >= 4 is 22.8 Å². The molecular weight excluding hydrogens is 450 g/mol. The van der Waals surface area contributed by atoms with Crippen molar-refractivity contribution in [2.24, 2.45) is 0 Å². The summed E-state index contributed by atoms with van der Waals surface area (Å²) < 4.78 is 16.2. The van der Waals surface area contributed by atoms with Crippen molar-refractivity contribution in [2.45, 2.75) is 18.8 Å². The van der Waals surface area contributed by atoms with Crippen LogP contribution in [0.2, 0.25) is 0 Å². The van der Waals surface area contributed by atoms with E-state index in [1.807, 2.05) is 18.2 Å². The Morgan fingerprint density at radius 1 is 1.17 bits per heavy atom. The number of rotatable bonds is 7. The second-order valence-electron chi connectivity index (χ2n) is 8.78. The van der Waals surface area contributed by atoms with E-state index in [1.165, 1.54) is 0 Å². The summed E-state index contributed by atoms with van der Waals surface area (Å²) in [7, 11) is 3.19. The zero-order chi connectivity index (χ0) is 24.4. The van der Waals surface area contributed by atoms with Crippen LogP contribution in [-0.2, 0) is 11.2 Å². The summed E-state index contributed by atoms with van der Waals surface area (Å²) in [5.41, 5.74) is 2.10. The van der Waals surface area contributed by atoms with E-state index in [2.05, 4.69) is 25.2 Å². The summed E-state index contributed by atoms with van der Waals surface area (Å²) in [6.07, 6.45) is 2.37. The number of nitrogens with zero attached hydrogens (tertiary/aromatic N) is 3. The van der Waals surface area contributed by atoms with Gasteiger partial charge in [-0.1, -0.05) is 6.07 Å². The number of morpholine rings is 1. The monoisotopic (exact) mass is 479 g/mol. The molecule has 35 heavy (non-hydrogen) atoms. The quantitative estimate of drug-likeness (QED) is 0.524. The molecular formula is C25H29N5O5. The van der Waals surface area contributed by atoms with Crippen LogP contribution in [0.4, 0.5) is 5.95 Å². The average Bonchev–Trinajstić information content (AvgIpc) is 2.88. The van der Waals surface area contributed by atoms with Crippen LogP contribution < -0.4 is 20.3 Å². The minimum atomic E-state index is -0.302. The molecule has 3 aromatic rings. The van der Waals surface area contributed by atoms with Gasteiger partial charge in [-0.2, -0.15) is 4.98 Å². The van der Waals surface area contributed by atoms with E-state index < -0.39 is 0 Å². The van der Waals surface area contributed by atoms with Gasteiger partial charge in [0.15, 0.2) is 11.4 Å². The van der Waals surface area contributed by atoms with Gasteiger partial charge in [0.05, 0.1) is 32.8 Å². The molecule has 0 saturated carbocycles. The zero-order valence-corrected chi connectivity index (χ0v) is 19.9. The summed E-state index contributed by atoms with van der Waals surface area (Å²) in [4.78, 5) is 40.2.